The third-order valence-corrected chi connectivity index (χ3v) is 6.53. The second kappa shape index (κ2) is 12.4. The van der Waals surface area contributed by atoms with Crippen LogP contribution in [0.4, 0.5) is 5.69 Å². The van der Waals surface area contributed by atoms with Crippen molar-refractivity contribution in [2.75, 3.05) is 18.5 Å². The third kappa shape index (κ3) is 7.30. The second-order valence-electron chi connectivity index (χ2n) is 7.73. The second-order valence-corrected chi connectivity index (χ2v) is 9.41. The number of thioether (sulfide) groups is 1. The van der Waals surface area contributed by atoms with E-state index < -0.39 is 5.97 Å². The first-order valence-corrected chi connectivity index (χ1v) is 12.4. The number of nitrogens with zero attached hydrogens (tertiary/aromatic N) is 1. The van der Waals surface area contributed by atoms with Gasteiger partial charge in [0, 0.05) is 18.7 Å². The van der Waals surface area contributed by atoms with Crippen LogP contribution in [-0.4, -0.2) is 50.4 Å². The van der Waals surface area contributed by atoms with Crippen molar-refractivity contribution in [2.45, 2.75) is 32.6 Å². The van der Waals surface area contributed by atoms with Crippen LogP contribution in [0.5, 0.6) is 11.5 Å². The summed E-state index contributed by atoms with van der Waals surface area (Å²) in [5.74, 6) is -0.925. The summed E-state index contributed by atoms with van der Waals surface area (Å²) in [7, 11) is 0. The highest BCUT2D eigenvalue weighted by Crippen LogP contribution is 2.34. The van der Waals surface area contributed by atoms with Crippen LogP contribution in [0.25, 0.3) is 6.08 Å². The number of amides is 2. The van der Waals surface area contributed by atoms with Crippen molar-refractivity contribution in [3.05, 3.63) is 58.5 Å². The van der Waals surface area contributed by atoms with Crippen LogP contribution in [0.3, 0.4) is 0 Å². The number of aromatic hydroxyl groups is 1. The van der Waals surface area contributed by atoms with Gasteiger partial charge in [-0.2, -0.15) is 0 Å². The average Bonchev–Trinajstić information content (AvgIpc) is 3.08. The van der Waals surface area contributed by atoms with E-state index in [9.17, 15) is 19.5 Å². The lowest BCUT2D eigenvalue weighted by atomic mass is 10.1. The number of hydrogen-bond donors (Lipinski definition) is 3. The fourth-order valence-electron chi connectivity index (χ4n) is 3.39. The molecule has 1 saturated heterocycles. The Morgan fingerprint density at radius 1 is 1.14 bits per heavy atom. The molecule has 184 valence electrons. The number of rotatable bonds is 11. The molecule has 0 spiro atoms. The van der Waals surface area contributed by atoms with Crippen molar-refractivity contribution in [1.29, 1.82) is 0 Å². The lowest BCUT2D eigenvalue weighted by Gasteiger charge is -2.14. The van der Waals surface area contributed by atoms with Crippen molar-refractivity contribution < 1.29 is 29.3 Å². The van der Waals surface area contributed by atoms with Gasteiger partial charge in [-0.15, -0.1) is 0 Å². The number of hydrogen-bond acceptors (Lipinski definition) is 7. The molecule has 0 aliphatic carbocycles. The van der Waals surface area contributed by atoms with Gasteiger partial charge in [-0.3, -0.25) is 14.5 Å². The molecule has 2 aromatic carbocycles. The van der Waals surface area contributed by atoms with Crippen LogP contribution >= 0.6 is 24.0 Å². The smallest absolute Gasteiger partial charge is 0.335 e. The summed E-state index contributed by atoms with van der Waals surface area (Å²) in [6.07, 6.45) is 4.15. The van der Waals surface area contributed by atoms with Gasteiger partial charge < -0.3 is 20.3 Å². The minimum absolute atomic E-state index is 0.0429. The quantitative estimate of drug-likeness (QED) is 0.221. The maximum Gasteiger partial charge on any atom is 0.335 e. The van der Waals surface area contributed by atoms with Gasteiger partial charge in [0.25, 0.3) is 5.91 Å². The predicted molar refractivity (Wildman–Crippen MR) is 140 cm³/mol. The van der Waals surface area contributed by atoms with E-state index in [2.05, 4.69) is 5.32 Å². The Morgan fingerprint density at radius 3 is 2.57 bits per heavy atom. The van der Waals surface area contributed by atoms with E-state index >= 15 is 0 Å². The maximum absolute atomic E-state index is 12.8. The predicted octanol–water partition coefficient (Wildman–Crippen LogP) is 4.89. The summed E-state index contributed by atoms with van der Waals surface area (Å²) >= 11 is 6.62. The number of aromatic carboxylic acids is 1. The summed E-state index contributed by atoms with van der Waals surface area (Å²) in [6, 6.07) is 10.9. The zero-order valence-corrected chi connectivity index (χ0v) is 20.8. The lowest BCUT2D eigenvalue weighted by molar-refractivity contribution is -0.122. The van der Waals surface area contributed by atoms with Gasteiger partial charge in [-0.25, -0.2) is 4.79 Å². The van der Waals surface area contributed by atoms with Crippen LogP contribution in [-0.2, 0) is 9.59 Å². The number of thiocarbonyl (C=S) groups is 1. The Kier molecular flexibility index (Phi) is 9.27. The van der Waals surface area contributed by atoms with Crippen LogP contribution in [0.1, 0.15) is 48.5 Å². The number of phenols is 1. The van der Waals surface area contributed by atoms with Crippen molar-refractivity contribution in [3.8, 4) is 11.5 Å². The molecule has 35 heavy (non-hydrogen) atoms. The van der Waals surface area contributed by atoms with Gasteiger partial charge in [-0.05, 0) is 67.8 Å². The SMILES string of the molecule is CCOc1cc(/C=C2\SC(=S)N(CCCCCC(=O)Nc3ccc(C(=O)O)cc3)C2=O)ccc1O. The number of benzene rings is 2. The normalized spacial score (nSPS) is 14.4. The summed E-state index contributed by atoms with van der Waals surface area (Å²) in [6.45, 7) is 2.71. The molecule has 3 N–H and O–H groups in total. The number of carbonyl (C=O) groups is 3. The lowest BCUT2D eigenvalue weighted by Crippen LogP contribution is -2.29. The Labute approximate surface area is 213 Å². The Hall–Kier alpha value is -3.37. The number of unbranched alkanes of at least 4 members (excludes halogenated alkanes) is 2. The van der Waals surface area contributed by atoms with E-state index in [-0.39, 0.29) is 23.1 Å². The molecule has 0 bridgehead atoms. The van der Waals surface area contributed by atoms with Crippen molar-refractivity contribution in [1.82, 2.24) is 4.90 Å². The molecular weight excluding hydrogens is 488 g/mol. The monoisotopic (exact) mass is 514 g/mol. The third-order valence-electron chi connectivity index (χ3n) is 5.16. The molecule has 1 fully saturated rings. The average molecular weight is 515 g/mol. The van der Waals surface area contributed by atoms with Crippen molar-refractivity contribution in [2.24, 2.45) is 0 Å². The molecule has 8 nitrogen and oxygen atoms in total. The summed E-state index contributed by atoms with van der Waals surface area (Å²) in [5, 5.41) is 21.5. The zero-order chi connectivity index (χ0) is 25.4. The molecule has 0 saturated carbocycles. The molecule has 10 heteroatoms. The summed E-state index contributed by atoms with van der Waals surface area (Å²) < 4.78 is 5.89. The highest BCUT2D eigenvalue weighted by Gasteiger charge is 2.31. The van der Waals surface area contributed by atoms with E-state index in [4.69, 9.17) is 22.1 Å². The van der Waals surface area contributed by atoms with Crippen LogP contribution in [0, 0.1) is 0 Å². The first kappa shape index (κ1) is 26.2. The molecule has 1 aliphatic rings. The van der Waals surface area contributed by atoms with Crippen LogP contribution in [0.15, 0.2) is 47.4 Å². The molecule has 2 amide bonds. The molecule has 0 radical (unpaired) electrons. The van der Waals surface area contributed by atoms with Crippen molar-refractivity contribution in [3.63, 3.8) is 0 Å². The van der Waals surface area contributed by atoms with Gasteiger partial charge in [0.2, 0.25) is 5.91 Å². The number of carboxylic acids is 1. The summed E-state index contributed by atoms with van der Waals surface area (Å²) in [5.41, 5.74) is 1.44. The number of carboxylic acid groups (broad SMARTS) is 1. The Morgan fingerprint density at radius 2 is 1.89 bits per heavy atom. The van der Waals surface area contributed by atoms with E-state index in [1.165, 1.54) is 30.0 Å². The van der Waals surface area contributed by atoms with Gasteiger partial charge in [0.05, 0.1) is 17.1 Å². The van der Waals surface area contributed by atoms with Gasteiger partial charge in [0.1, 0.15) is 4.32 Å². The molecule has 3 rings (SSSR count). The largest absolute Gasteiger partial charge is 0.504 e. The highest BCUT2D eigenvalue weighted by atomic mass is 32.2. The molecule has 2 aromatic rings. The van der Waals surface area contributed by atoms with E-state index in [0.29, 0.717) is 53.1 Å². The minimum atomic E-state index is -1.02. The van der Waals surface area contributed by atoms with Crippen LogP contribution in [0.2, 0.25) is 0 Å². The van der Waals surface area contributed by atoms with Crippen molar-refractivity contribution >= 4 is 57.8 Å². The van der Waals surface area contributed by atoms with Gasteiger partial charge in [-0.1, -0.05) is 36.5 Å². The Balaban J connectivity index is 1.44. The fraction of sp³-hybridized carbons (Fsp3) is 0.280. The number of nitrogens with one attached hydrogen (secondary N) is 1. The molecule has 1 heterocycles. The van der Waals surface area contributed by atoms with Gasteiger partial charge >= 0.3 is 5.97 Å². The first-order valence-electron chi connectivity index (χ1n) is 11.1. The maximum atomic E-state index is 12.8. The number of phenolic OH excluding ortho intramolecular Hbond substituents is 1. The summed E-state index contributed by atoms with van der Waals surface area (Å²) in [4.78, 5) is 37.9. The standard InChI is InChI=1S/C25H26N2O6S2/c1-2-33-20-14-16(7-12-19(20)28)15-21-23(30)27(25(34)35-21)13-5-3-4-6-22(29)26-18-10-8-17(9-11-18)24(31)32/h7-12,14-15,28H,2-6,13H2,1H3,(H,26,29)(H,31,32)/b21-15-. The molecule has 0 unspecified atom stereocenters. The number of ether oxygens (including phenoxy) is 1. The number of anilines is 1. The zero-order valence-electron chi connectivity index (χ0n) is 19.2. The van der Waals surface area contributed by atoms with Gasteiger partial charge in [0.15, 0.2) is 11.5 Å². The fourth-order valence-corrected chi connectivity index (χ4v) is 4.70. The number of carbonyl (C=O) groups excluding carboxylic acids is 2. The van der Waals surface area contributed by atoms with Crippen LogP contribution < -0.4 is 10.1 Å². The first-order chi connectivity index (χ1) is 16.8. The van der Waals surface area contributed by atoms with E-state index in [1.807, 2.05) is 6.92 Å². The van der Waals surface area contributed by atoms with E-state index in [1.54, 1.807) is 35.2 Å². The molecule has 1 aliphatic heterocycles. The highest BCUT2D eigenvalue weighted by molar-refractivity contribution is 8.26. The Bertz CT molecular complexity index is 1150. The molecule has 0 aromatic heterocycles. The molecule has 0 atom stereocenters. The minimum Gasteiger partial charge on any atom is -0.504 e. The van der Waals surface area contributed by atoms with E-state index in [0.717, 1.165) is 12.0 Å². The molecular formula is C25H26N2O6S2. The topological polar surface area (TPSA) is 116 Å².